The lowest BCUT2D eigenvalue weighted by molar-refractivity contribution is 0.748. The Morgan fingerprint density at radius 1 is 0.594 bits per heavy atom. The molecular weight excluding hydrogens is 388 g/mol. The average Bonchev–Trinajstić information content (AvgIpc) is 3.26. The highest BCUT2D eigenvalue weighted by Gasteiger charge is 2.29. The van der Waals surface area contributed by atoms with Gasteiger partial charge in [0.25, 0.3) is 0 Å². The molecule has 2 nitrogen and oxygen atoms in total. The Balaban J connectivity index is 1.92. The second-order valence-electron chi connectivity index (χ2n) is 8.86. The summed E-state index contributed by atoms with van der Waals surface area (Å²) >= 11 is 0. The van der Waals surface area contributed by atoms with E-state index in [1.54, 1.807) is 0 Å². The number of aryl methyl sites for hydroxylation is 3. The third kappa shape index (κ3) is 3.01. The minimum atomic E-state index is 0.186. The number of para-hydroxylation sites is 2. The van der Waals surface area contributed by atoms with Crippen LogP contribution in [0.4, 0.5) is 0 Å². The maximum atomic E-state index is 2.47. The van der Waals surface area contributed by atoms with Gasteiger partial charge < -0.3 is 9.13 Å². The number of fused-ring (bicyclic) bond motifs is 2. The van der Waals surface area contributed by atoms with Crippen LogP contribution in [-0.2, 0) is 13.1 Å². The zero-order chi connectivity index (χ0) is 22.4. The molecular formula is C30H32N2. The molecule has 0 saturated carbocycles. The van der Waals surface area contributed by atoms with Gasteiger partial charge >= 0.3 is 0 Å². The average molecular weight is 421 g/mol. The maximum absolute atomic E-state index is 2.47. The van der Waals surface area contributed by atoms with Crippen LogP contribution in [0.3, 0.4) is 0 Å². The van der Waals surface area contributed by atoms with Crippen LogP contribution in [0.1, 0.15) is 53.4 Å². The van der Waals surface area contributed by atoms with Crippen LogP contribution in [-0.4, -0.2) is 9.13 Å². The molecule has 32 heavy (non-hydrogen) atoms. The molecule has 0 fully saturated rings. The molecule has 5 aromatic rings. The fraction of sp³-hybridized carbons (Fsp3) is 0.267. The van der Waals surface area contributed by atoms with E-state index >= 15 is 0 Å². The molecule has 3 aromatic carbocycles. The molecule has 0 spiro atoms. The lowest BCUT2D eigenvalue weighted by Gasteiger charge is -2.21. The van der Waals surface area contributed by atoms with E-state index in [1.807, 2.05) is 0 Å². The molecule has 162 valence electrons. The highest BCUT2D eigenvalue weighted by Crippen LogP contribution is 2.44. The summed E-state index contributed by atoms with van der Waals surface area (Å²) < 4.78 is 4.94. The largest absolute Gasteiger partial charge is 0.345 e. The summed E-state index contributed by atoms with van der Waals surface area (Å²) in [6.07, 6.45) is 0. The summed E-state index contributed by atoms with van der Waals surface area (Å²) in [5.74, 6) is 0.186. The molecule has 0 amide bonds. The van der Waals surface area contributed by atoms with Gasteiger partial charge in [-0.2, -0.15) is 0 Å². The Labute approximate surface area is 191 Å². The summed E-state index contributed by atoms with van der Waals surface area (Å²) in [5, 5.41) is 2.73. The van der Waals surface area contributed by atoms with E-state index in [-0.39, 0.29) is 5.92 Å². The van der Waals surface area contributed by atoms with Crippen LogP contribution in [0, 0.1) is 20.8 Å². The van der Waals surface area contributed by atoms with E-state index < -0.39 is 0 Å². The van der Waals surface area contributed by atoms with E-state index in [0.717, 1.165) is 13.1 Å². The molecule has 0 aliphatic carbocycles. The van der Waals surface area contributed by atoms with Crippen LogP contribution < -0.4 is 0 Å². The molecule has 0 N–H and O–H groups in total. The van der Waals surface area contributed by atoms with Crippen LogP contribution >= 0.6 is 0 Å². The standard InChI is InChI=1S/C30H32N2/c1-6-31-21(4)28(24-12-8-10-14-26(24)31)30(23-18-16-20(3)17-19-23)29-22(5)32(7-2)27-15-11-9-13-25(27)29/h8-19,30H,6-7H2,1-5H3. The first kappa shape index (κ1) is 20.6. The van der Waals surface area contributed by atoms with E-state index in [0.29, 0.717) is 0 Å². The topological polar surface area (TPSA) is 9.86 Å². The monoisotopic (exact) mass is 420 g/mol. The quantitative estimate of drug-likeness (QED) is 0.275. The van der Waals surface area contributed by atoms with E-state index in [9.17, 15) is 0 Å². The highest BCUT2D eigenvalue weighted by atomic mass is 15.0. The molecule has 0 aliphatic heterocycles. The number of hydrogen-bond donors (Lipinski definition) is 0. The van der Waals surface area contributed by atoms with Crippen LogP contribution in [0.5, 0.6) is 0 Å². The van der Waals surface area contributed by atoms with Crippen LogP contribution in [0.2, 0.25) is 0 Å². The molecule has 0 saturated heterocycles. The summed E-state index contributed by atoms with van der Waals surface area (Å²) in [4.78, 5) is 0. The normalized spacial score (nSPS) is 11.8. The first-order chi connectivity index (χ1) is 15.6. The van der Waals surface area contributed by atoms with Crippen molar-refractivity contribution in [1.82, 2.24) is 9.13 Å². The fourth-order valence-corrected chi connectivity index (χ4v) is 5.70. The summed E-state index contributed by atoms with van der Waals surface area (Å²) in [6.45, 7) is 13.2. The Hall–Kier alpha value is -3.26. The second-order valence-corrected chi connectivity index (χ2v) is 8.86. The van der Waals surface area contributed by atoms with Crippen molar-refractivity contribution < 1.29 is 0 Å². The smallest absolute Gasteiger partial charge is 0.0485 e. The minimum Gasteiger partial charge on any atom is -0.345 e. The van der Waals surface area contributed by atoms with Crippen molar-refractivity contribution in [3.05, 3.63) is 106 Å². The van der Waals surface area contributed by atoms with Crippen LogP contribution in [0.15, 0.2) is 72.8 Å². The number of benzene rings is 3. The van der Waals surface area contributed by atoms with Crippen molar-refractivity contribution in [2.75, 3.05) is 0 Å². The molecule has 0 unspecified atom stereocenters. The molecule has 2 aromatic heterocycles. The van der Waals surface area contributed by atoms with Gasteiger partial charge in [-0.25, -0.2) is 0 Å². The predicted molar refractivity (Wildman–Crippen MR) is 137 cm³/mol. The highest BCUT2D eigenvalue weighted by molar-refractivity contribution is 5.91. The SMILES string of the molecule is CCn1c(C)c(C(c2ccc(C)cc2)c2c(C)n(CC)c3ccccc23)c2ccccc21. The zero-order valence-electron chi connectivity index (χ0n) is 19.8. The van der Waals surface area contributed by atoms with Crippen molar-refractivity contribution in [1.29, 1.82) is 0 Å². The number of aromatic nitrogens is 2. The fourth-order valence-electron chi connectivity index (χ4n) is 5.70. The van der Waals surface area contributed by atoms with Crippen LogP contribution in [0.25, 0.3) is 21.8 Å². The number of hydrogen-bond acceptors (Lipinski definition) is 0. The Morgan fingerprint density at radius 2 is 1.03 bits per heavy atom. The van der Waals surface area contributed by atoms with Gasteiger partial charge in [0.15, 0.2) is 0 Å². The number of nitrogens with zero attached hydrogens (tertiary/aromatic N) is 2. The van der Waals surface area contributed by atoms with E-state index in [4.69, 9.17) is 0 Å². The van der Waals surface area contributed by atoms with Crippen molar-refractivity contribution in [3.63, 3.8) is 0 Å². The molecule has 0 atom stereocenters. The summed E-state index contributed by atoms with van der Waals surface area (Å²) in [5.41, 5.74) is 10.9. The van der Waals surface area contributed by atoms with Gasteiger partial charge in [-0.15, -0.1) is 0 Å². The third-order valence-corrected chi connectivity index (χ3v) is 7.18. The van der Waals surface area contributed by atoms with E-state index in [2.05, 4.69) is 117 Å². The van der Waals surface area contributed by atoms with Gasteiger partial charge in [0.05, 0.1) is 0 Å². The molecule has 0 bridgehead atoms. The maximum Gasteiger partial charge on any atom is 0.0485 e. The van der Waals surface area contributed by atoms with E-state index in [1.165, 1.54) is 55.4 Å². The lowest BCUT2D eigenvalue weighted by atomic mass is 9.82. The van der Waals surface area contributed by atoms with Gasteiger partial charge in [0.1, 0.15) is 0 Å². The zero-order valence-corrected chi connectivity index (χ0v) is 19.8. The molecule has 2 heterocycles. The first-order valence-electron chi connectivity index (χ1n) is 11.8. The Morgan fingerprint density at radius 3 is 1.47 bits per heavy atom. The summed E-state index contributed by atoms with van der Waals surface area (Å²) in [7, 11) is 0. The number of rotatable bonds is 5. The van der Waals surface area contributed by atoms with Crippen molar-refractivity contribution in [3.8, 4) is 0 Å². The molecule has 0 aliphatic rings. The molecule has 2 heteroatoms. The summed E-state index contributed by atoms with van der Waals surface area (Å²) in [6, 6.07) is 27.0. The van der Waals surface area contributed by atoms with Crippen molar-refractivity contribution in [2.24, 2.45) is 0 Å². The Bertz CT molecular complexity index is 1330. The van der Waals surface area contributed by atoms with Gasteiger partial charge in [-0.05, 0) is 63.4 Å². The predicted octanol–water partition coefficient (Wildman–Crippen LogP) is 7.74. The van der Waals surface area contributed by atoms with Crippen molar-refractivity contribution >= 4 is 21.8 Å². The van der Waals surface area contributed by atoms with Crippen molar-refractivity contribution in [2.45, 2.75) is 53.6 Å². The second kappa shape index (κ2) is 8.02. The minimum absolute atomic E-state index is 0.186. The Kier molecular flexibility index (Phi) is 5.17. The first-order valence-corrected chi connectivity index (χ1v) is 11.8. The molecule has 5 rings (SSSR count). The molecule has 0 radical (unpaired) electrons. The van der Waals surface area contributed by atoms with Gasteiger partial charge in [0.2, 0.25) is 0 Å². The van der Waals surface area contributed by atoms with Gasteiger partial charge in [-0.3, -0.25) is 0 Å². The lowest BCUT2D eigenvalue weighted by Crippen LogP contribution is -2.08. The third-order valence-electron chi connectivity index (χ3n) is 7.18. The van der Waals surface area contributed by atoms with Gasteiger partial charge in [-0.1, -0.05) is 66.2 Å². The van der Waals surface area contributed by atoms with Gasteiger partial charge in [0, 0.05) is 52.2 Å².